The lowest BCUT2D eigenvalue weighted by atomic mass is 9.99. The zero-order valence-corrected chi connectivity index (χ0v) is 21.0. The molecule has 1 aliphatic rings. The van der Waals surface area contributed by atoms with E-state index in [1.807, 2.05) is 31.2 Å². The molecule has 1 unspecified atom stereocenters. The van der Waals surface area contributed by atoms with Gasteiger partial charge in [0.05, 0.1) is 0 Å². The molecule has 1 aliphatic carbocycles. The molecule has 0 spiro atoms. The van der Waals surface area contributed by atoms with Gasteiger partial charge >= 0.3 is 0 Å². The van der Waals surface area contributed by atoms with Crippen molar-refractivity contribution in [3.05, 3.63) is 83.2 Å². The lowest BCUT2D eigenvalue weighted by Crippen LogP contribution is -2.35. The third kappa shape index (κ3) is 11.4. The standard InChI is InChI=1S/C27H37N3O2S/c1-5-7-9-11-13-21(3)23-14-12-15-24(18-17-23)26(32)28-19-22(4)25(16-10-8-6-2)30-27(33)29-20-31/h7-11,13-15,17-18,20-21H,5-6,12,16,19H2,1-4H3,(H,28,32)(H2,29,30,31,33)/b9-7-,10-8-,13-11-,25-22+. The average Bonchev–Trinajstić information content (AvgIpc) is 3.06. The quantitative estimate of drug-likeness (QED) is 0.157. The molecular weight excluding hydrogens is 430 g/mol. The molecule has 2 amide bonds. The maximum Gasteiger partial charge on any atom is 0.251 e. The molecule has 3 N–H and O–H groups in total. The first-order chi connectivity index (χ1) is 15.9. The van der Waals surface area contributed by atoms with Crippen LogP contribution in [-0.4, -0.2) is 24.0 Å². The highest BCUT2D eigenvalue weighted by Crippen LogP contribution is 2.19. The Balaban J connectivity index is 2.78. The topological polar surface area (TPSA) is 70.2 Å². The SMILES string of the molecule is CC/C=C\C=C/C(C)C1=CCC=C(C(=O)NC/C(C)=C(\C/C=C\CC)NC(=S)NC=O)C=C1. The molecule has 0 bridgehead atoms. The minimum atomic E-state index is -0.119. The van der Waals surface area contributed by atoms with Gasteiger partial charge in [-0.25, -0.2) is 0 Å². The highest BCUT2D eigenvalue weighted by Gasteiger charge is 2.11. The van der Waals surface area contributed by atoms with Crippen molar-refractivity contribution >= 4 is 29.6 Å². The van der Waals surface area contributed by atoms with Crippen LogP contribution in [0.1, 0.15) is 53.4 Å². The van der Waals surface area contributed by atoms with Crippen LogP contribution in [0.25, 0.3) is 0 Å². The van der Waals surface area contributed by atoms with Crippen molar-refractivity contribution in [1.29, 1.82) is 0 Å². The van der Waals surface area contributed by atoms with Crippen LogP contribution in [0.2, 0.25) is 0 Å². The van der Waals surface area contributed by atoms with E-state index < -0.39 is 0 Å². The zero-order valence-electron chi connectivity index (χ0n) is 20.2. The molecule has 33 heavy (non-hydrogen) atoms. The fourth-order valence-corrected chi connectivity index (χ4v) is 3.23. The predicted octanol–water partition coefficient (Wildman–Crippen LogP) is 5.32. The van der Waals surface area contributed by atoms with Crippen molar-refractivity contribution in [2.24, 2.45) is 5.92 Å². The molecule has 0 aliphatic heterocycles. The van der Waals surface area contributed by atoms with E-state index in [9.17, 15) is 9.59 Å². The summed E-state index contributed by atoms with van der Waals surface area (Å²) in [6, 6.07) is 0. The normalized spacial score (nSPS) is 15.6. The first kappa shape index (κ1) is 28.0. The van der Waals surface area contributed by atoms with Gasteiger partial charge in [0.25, 0.3) is 5.91 Å². The molecule has 0 radical (unpaired) electrons. The molecule has 0 heterocycles. The Labute approximate surface area is 204 Å². The summed E-state index contributed by atoms with van der Waals surface area (Å²) in [4.78, 5) is 23.4. The first-order valence-electron chi connectivity index (χ1n) is 11.5. The van der Waals surface area contributed by atoms with Crippen LogP contribution in [0.15, 0.2) is 83.2 Å². The summed E-state index contributed by atoms with van der Waals surface area (Å²) < 4.78 is 0. The van der Waals surface area contributed by atoms with Gasteiger partial charge in [0.15, 0.2) is 5.11 Å². The number of hydrogen-bond acceptors (Lipinski definition) is 3. The van der Waals surface area contributed by atoms with Gasteiger partial charge in [-0.3, -0.25) is 9.59 Å². The highest BCUT2D eigenvalue weighted by atomic mass is 32.1. The molecule has 0 aromatic heterocycles. The average molecular weight is 468 g/mol. The number of thiocarbonyl (C=S) groups is 1. The lowest BCUT2D eigenvalue weighted by molar-refractivity contribution is -0.117. The molecule has 1 atom stereocenters. The number of allylic oxidation sites excluding steroid dienone is 10. The van der Waals surface area contributed by atoms with E-state index in [4.69, 9.17) is 12.2 Å². The number of amides is 2. The van der Waals surface area contributed by atoms with Crippen molar-refractivity contribution in [1.82, 2.24) is 16.0 Å². The van der Waals surface area contributed by atoms with E-state index in [0.29, 0.717) is 31.4 Å². The summed E-state index contributed by atoms with van der Waals surface area (Å²) in [6.45, 7) is 8.63. The summed E-state index contributed by atoms with van der Waals surface area (Å²) in [6.07, 6.45) is 24.3. The van der Waals surface area contributed by atoms with Crippen LogP contribution in [0.5, 0.6) is 0 Å². The van der Waals surface area contributed by atoms with Gasteiger partial charge in [-0.1, -0.05) is 75.5 Å². The van der Waals surface area contributed by atoms with E-state index >= 15 is 0 Å². The van der Waals surface area contributed by atoms with Gasteiger partial charge < -0.3 is 16.0 Å². The highest BCUT2D eigenvalue weighted by molar-refractivity contribution is 7.80. The van der Waals surface area contributed by atoms with Crippen LogP contribution in [0.3, 0.4) is 0 Å². The van der Waals surface area contributed by atoms with Gasteiger partial charge in [0.2, 0.25) is 6.41 Å². The lowest BCUT2D eigenvalue weighted by Gasteiger charge is -2.15. The Morgan fingerprint density at radius 2 is 1.88 bits per heavy atom. The number of rotatable bonds is 12. The molecule has 1 rings (SSSR count). The number of hydrogen-bond donors (Lipinski definition) is 3. The minimum absolute atomic E-state index is 0.119. The molecule has 178 valence electrons. The molecule has 6 heteroatoms. The second-order valence-electron chi connectivity index (χ2n) is 7.68. The van der Waals surface area contributed by atoms with E-state index in [2.05, 4.69) is 73.2 Å². The van der Waals surface area contributed by atoms with Crippen LogP contribution < -0.4 is 16.0 Å². The van der Waals surface area contributed by atoms with Crippen molar-refractivity contribution in [2.75, 3.05) is 6.54 Å². The van der Waals surface area contributed by atoms with Crippen molar-refractivity contribution in [2.45, 2.75) is 53.4 Å². The maximum absolute atomic E-state index is 12.8. The number of carbonyl (C=O) groups is 2. The van der Waals surface area contributed by atoms with E-state index in [1.165, 1.54) is 5.57 Å². The fraction of sp³-hybridized carbons (Fsp3) is 0.370. The zero-order chi connectivity index (χ0) is 24.5. The third-order valence-corrected chi connectivity index (χ3v) is 5.25. The fourth-order valence-electron chi connectivity index (χ4n) is 3.05. The van der Waals surface area contributed by atoms with Crippen LogP contribution in [0, 0.1) is 5.92 Å². The summed E-state index contributed by atoms with van der Waals surface area (Å²) >= 11 is 5.12. The van der Waals surface area contributed by atoms with Gasteiger partial charge in [0, 0.05) is 24.2 Å². The van der Waals surface area contributed by atoms with Crippen LogP contribution in [-0.2, 0) is 9.59 Å². The number of carbonyl (C=O) groups excluding carboxylic acids is 2. The summed E-state index contributed by atoms with van der Waals surface area (Å²) in [5.74, 6) is 0.156. The largest absolute Gasteiger partial charge is 0.348 e. The van der Waals surface area contributed by atoms with Crippen LogP contribution in [0.4, 0.5) is 0 Å². The Bertz CT molecular complexity index is 889. The molecule has 0 saturated carbocycles. The van der Waals surface area contributed by atoms with E-state index in [1.54, 1.807) is 0 Å². The second kappa shape index (κ2) is 16.6. The Hall–Kier alpha value is -2.99. The minimum Gasteiger partial charge on any atom is -0.348 e. The maximum atomic E-state index is 12.8. The monoisotopic (exact) mass is 467 g/mol. The second-order valence-corrected chi connectivity index (χ2v) is 8.09. The van der Waals surface area contributed by atoms with E-state index in [0.717, 1.165) is 24.1 Å². The Morgan fingerprint density at radius 3 is 2.58 bits per heavy atom. The van der Waals surface area contributed by atoms with Gasteiger partial charge in [-0.2, -0.15) is 0 Å². The first-order valence-corrected chi connectivity index (χ1v) is 11.9. The Kier molecular flexibility index (Phi) is 14.1. The summed E-state index contributed by atoms with van der Waals surface area (Å²) in [7, 11) is 0. The third-order valence-electron chi connectivity index (χ3n) is 5.03. The van der Waals surface area contributed by atoms with Gasteiger partial charge in [-0.05, 0) is 61.5 Å². The van der Waals surface area contributed by atoms with Gasteiger partial charge in [0.1, 0.15) is 0 Å². The molecule has 0 aromatic rings. The van der Waals surface area contributed by atoms with Crippen molar-refractivity contribution in [3.63, 3.8) is 0 Å². The van der Waals surface area contributed by atoms with Gasteiger partial charge in [-0.15, -0.1) is 0 Å². The molecule has 0 fully saturated rings. The molecule has 0 aromatic carbocycles. The summed E-state index contributed by atoms with van der Waals surface area (Å²) in [5.41, 5.74) is 3.63. The van der Waals surface area contributed by atoms with Crippen LogP contribution >= 0.6 is 12.2 Å². The predicted molar refractivity (Wildman–Crippen MR) is 142 cm³/mol. The number of nitrogens with one attached hydrogen (secondary N) is 3. The van der Waals surface area contributed by atoms with Crippen molar-refractivity contribution < 1.29 is 9.59 Å². The Morgan fingerprint density at radius 1 is 1.12 bits per heavy atom. The molecule has 0 saturated heterocycles. The molecule has 5 nitrogen and oxygen atoms in total. The molecular formula is C27H37N3O2S. The van der Waals surface area contributed by atoms with Crippen molar-refractivity contribution in [3.8, 4) is 0 Å². The summed E-state index contributed by atoms with van der Waals surface area (Å²) in [5, 5.41) is 8.71. The van der Waals surface area contributed by atoms with E-state index in [-0.39, 0.29) is 16.9 Å². The smallest absolute Gasteiger partial charge is 0.251 e.